The van der Waals surface area contributed by atoms with Crippen molar-refractivity contribution in [1.29, 1.82) is 0 Å². The third-order valence-corrected chi connectivity index (χ3v) is 15.0. The van der Waals surface area contributed by atoms with Crippen molar-refractivity contribution in [1.82, 2.24) is 0 Å². The Labute approximate surface area is 260 Å². The second kappa shape index (κ2) is 10.3. The number of rotatable bonds is 6. The molecule has 5 rings (SSSR count). The number of carbonyl (C=O) groups is 3. The number of hydrogen-bond acceptors (Lipinski definition) is 5. The first-order chi connectivity index (χ1) is 19.8. The van der Waals surface area contributed by atoms with Crippen molar-refractivity contribution in [2.24, 2.45) is 62.1 Å². The first-order valence-corrected chi connectivity index (χ1v) is 17.0. The predicted molar refractivity (Wildman–Crippen MR) is 167 cm³/mol. The Morgan fingerprint density at radius 2 is 1.53 bits per heavy atom. The van der Waals surface area contributed by atoms with Crippen molar-refractivity contribution in [2.75, 3.05) is 7.11 Å². The van der Waals surface area contributed by atoms with Crippen molar-refractivity contribution in [3.8, 4) is 0 Å². The summed E-state index contributed by atoms with van der Waals surface area (Å²) in [4.78, 5) is 38.1. The van der Waals surface area contributed by atoms with E-state index < -0.39 is 17.4 Å². The van der Waals surface area contributed by atoms with Crippen LogP contribution in [0.3, 0.4) is 0 Å². The molecule has 43 heavy (non-hydrogen) atoms. The summed E-state index contributed by atoms with van der Waals surface area (Å²) in [5.74, 6) is 0.785. The van der Waals surface area contributed by atoms with Crippen LogP contribution in [0.15, 0.2) is 12.2 Å². The molecule has 0 saturated heterocycles. The molecule has 0 aromatic heterocycles. The van der Waals surface area contributed by atoms with E-state index in [2.05, 4.69) is 48.1 Å². The summed E-state index contributed by atoms with van der Waals surface area (Å²) in [6, 6.07) is 0. The lowest BCUT2D eigenvalue weighted by Crippen LogP contribution is -2.67. The van der Waals surface area contributed by atoms with E-state index in [-0.39, 0.29) is 45.6 Å². The van der Waals surface area contributed by atoms with E-state index in [9.17, 15) is 19.5 Å². The summed E-state index contributed by atoms with van der Waals surface area (Å²) >= 11 is 0. The molecule has 0 aliphatic heterocycles. The maximum absolute atomic E-state index is 13.5. The minimum atomic E-state index is -1.14. The number of aliphatic carboxylic acids is 1. The first kappa shape index (κ1) is 32.5. The number of fused-ring (bicyclic) bond motifs is 7. The number of methoxy groups -OCH3 is 1. The average molecular weight is 599 g/mol. The third kappa shape index (κ3) is 4.48. The Morgan fingerprint density at radius 3 is 2.14 bits per heavy atom. The predicted octanol–water partition coefficient (Wildman–Crippen LogP) is 8.23. The Morgan fingerprint density at radius 1 is 0.860 bits per heavy atom. The molecule has 0 aromatic rings. The van der Waals surface area contributed by atoms with Gasteiger partial charge in [-0.05, 0) is 131 Å². The van der Waals surface area contributed by atoms with E-state index in [1.165, 1.54) is 12.0 Å². The highest BCUT2D eigenvalue weighted by molar-refractivity contribution is 5.81. The Kier molecular flexibility index (Phi) is 7.82. The van der Waals surface area contributed by atoms with E-state index in [0.29, 0.717) is 29.6 Å². The molecule has 0 spiro atoms. The maximum Gasteiger partial charge on any atom is 0.312 e. The number of hydrogen-bond donors (Lipinski definition) is 1. The second-order valence-electron chi connectivity index (χ2n) is 17.5. The summed E-state index contributed by atoms with van der Waals surface area (Å²) < 4.78 is 11.6. The van der Waals surface area contributed by atoms with Gasteiger partial charge in [0.15, 0.2) is 0 Å². The molecule has 6 nitrogen and oxygen atoms in total. The second-order valence-corrected chi connectivity index (χ2v) is 17.5. The van der Waals surface area contributed by atoms with Gasteiger partial charge >= 0.3 is 17.9 Å². The fourth-order valence-corrected chi connectivity index (χ4v) is 12.5. The summed E-state index contributed by atoms with van der Waals surface area (Å²) in [7, 11) is 1.57. The molecule has 1 N–H and O–H groups in total. The molecule has 5 fully saturated rings. The largest absolute Gasteiger partial charge is 0.481 e. The number of allylic oxidation sites excluding steroid dienone is 1. The molecule has 5 aliphatic rings. The van der Waals surface area contributed by atoms with Crippen LogP contribution < -0.4 is 0 Å². The highest BCUT2D eigenvalue weighted by Crippen LogP contribution is 2.77. The van der Waals surface area contributed by atoms with Gasteiger partial charge < -0.3 is 14.6 Å². The number of esters is 2. The van der Waals surface area contributed by atoms with Crippen LogP contribution >= 0.6 is 0 Å². The van der Waals surface area contributed by atoms with Crippen LogP contribution in [0.2, 0.25) is 0 Å². The smallest absolute Gasteiger partial charge is 0.312 e. The molecule has 0 radical (unpaired) electrons. The van der Waals surface area contributed by atoms with Gasteiger partial charge in [-0.15, -0.1) is 0 Å². The molecule has 0 aromatic carbocycles. The lowest BCUT2D eigenvalue weighted by Gasteiger charge is -2.72. The lowest BCUT2D eigenvalue weighted by molar-refractivity contribution is -0.250. The molecule has 5 saturated carbocycles. The van der Waals surface area contributed by atoms with E-state index in [0.717, 1.165) is 57.8 Å². The highest BCUT2D eigenvalue weighted by atomic mass is 16.5. The van der Waals surface area contributed by atoms with Gasteiger partial charge in [-0.2, -0.15) is 0 Å². The Hall–Kier alpha value is -1.85. The van der Waals surface area contributed by atoms with Crippen LogP contribution in [0, 0.1) is 62.1 Å². The monoisotopic (exact) mass is 598 g/mol. The zero-order valence-corrected chi connectivity index (χ0v) is 28.4. The molecule has 0 heterocycles. The van der Waals surface area contributed by atoms with Gasteiger partial charge in [0, 0.05) is 5.41 Å². The van der Waals surface area contributed by atoms with Crippen molar-refractivity contribution in [3.63, 3.8) is 0 Å². The summed E-state index contributed by atoms with van der Waals surface area (Å²) in [5, 5.41) is 9.54. The van der Waals surface area contributed by atoms with Crippen molar-refractivity contribution in [2.45, 2.75) is 132 Å². The fraction of sp³-hybridized carbons (Fsp3) is 0.865. The third-order valence-electron chi connectivity index (χ3n) is 15.0. The first-order valence-electron chi connectivity index (χ1n) is 17.0. The quantitative estimate of drug-likeness (QED) is 0.245. The van der Waals surface area contributed by atoms with Crippen LogP contribution in [0.4, 0.5) is 0 Å². The van der Waals surface area contributed by atoms with E-state index >= 15 is 0 Å². The van der Waals surface area contributed by atoms with Gasteiger partial charge in [-0.25, -0.2) is 0 Å². The zero-order chi connectivity index (χ0) is 32.0. The van der Waals surface area contributed by atoms with E-state index in [1.807, 2.05) is 0 Å². The lowest BCUT2D eigenvalue weighted by atomic mass is 9.32. The van der Waals surface area contributed by atoms with Gasteiger partial charge in [0.05, 0.1) is 24.4 Å². The molecule has 5 aliphatic carbocycles. The summed E-state index contributed by atoms with van der Waals surface area (Å²) in [6.45, 7) is 22.0. The normalized spacial score (nSPS) is 45.0. The Bertz CT molecular complexity index is 1190. The van der Waals surface area contributed by atoms with Crippen LogP contribution in [0.5, 0.6) is 0 Å². The molecule has 0 unspecified atom stereocenters. The zero-order valence-electron chi connectivity index (χ0n) is 28.4. The number of carbonyl (C=O) groups excluding carboxylic acids is 2. The van der Waals surface area contributed by atoms with Gasteiger partial charge in [0.1, 0.15) is 6.10 Å². The van der Waals surface area contributed by atoms with Gasteiger partial charge in [0.2, 0.25) is 0 Å². The standard InChI is InChI=1S/C37H58O6/c1-22(2)23-13-18-37(31(41)42-10)20-19-35(8)24(29(23)37)11-12-26-34(7)16-15-27(43-28(38)21-32(3,4)30(39)40)33(5,6)25(34)14-17-36(26,35)9/h23-27,29H,1,11-21H2,2-10H3,(H,39,40)/t23-,24+,25-,26+,27-,29+,34-,35+,36+,37-/m0/s1. The minimum Gasteiger partial charge on any atom is -0.481 e. The van der Waals surface area contributed by atoms with E-state index in [4.69, 9.17) is 9.47 Å². The molecule has 0 amide bonds. The minimum absolute atomic E-state index is 0.00704. The SMILES string of the molecule is C=C(C)[C@@H]1CC[C@]2(C(=O)OC)CC[C@]3(C)[C@H](CC[C@@H]4[C@@]5(C)CC[C@H](OC(=O)CC(C)(C)C(=O)O)C(C)(C)[C@@H]5CC[C@]43C)[C@@H]12. The molecule has 0 bridgehead atoms. The van der Waals surface area contributed by atoms with Crippen LogP contribution in [0.1, 0.15) is 126 Å². The van der Waals surface area contributed by atoms with Crippen molar-refractivity contribution in [3.05, 3.63) is 12.2 Å². The van der Waals surface area contributed by atoms with Crippen LogP contribution in [0.25, 0.3) is 0 Å². The van der Waals surface area contributed by atoms with Crippen molar-refractivity contribution < 1.29 is 29.0 Å². The number of ether oxygens (including phenoxy) is 2. The summed E-state index contributed by atoms with van der Waals surface area (Å²) in [6.07, 6.45) is 10.0. The molecular weight excluding hydrogens is 540 g/mol. The fourth-order valence-electron chi connectivity index (χ4n) is 12.5. The molecule has 6 heteroatoms. The average Bonchev–Trinajstić information content (AvgIpc) is 3.31. The number of carboxylic acid groups (broad SMARTS) is 1. The molecule has 242 valence electrons. The van der Waals surface area contributed by atoms with E-state index in [1.54, 1.807) is 21.0 Å². The summed E-state index contributed by atoms with van der Waals surface area (Å²) in [5.41, 5.74) is -0.0436. The van der Waals surface area contributed by atoms with Crippen LogP contribution in [-0.2, 0) is 23.9 Å². The molecule has 10 atom stereocenters. The molecular formula is C37H58O6. The number of carboxylic acids is 1. The topological polar surface area (TPSA) is 89.9 Å². The van der Waals surface area contributed by atoms with Crippen molar-refractivity contribution >= 4 is 17.9 Å². The maximum atomic E-state index is 13.5. The van der Waals surface area contributed by atoms with Gasteiger partial charge in [0.25, 0.3) is 0 Å². The Balaban J connectivity index is 1.43. The van der Waals surface area contributed by atoms with Gasteiger partial charge in [-0.1, -0.05) is 46.8 Å². The van der Waals surface area contributed by atoms with Crippen LogP contribution in [-0.4, -0.2) is 36.2 Å². The van der Waals surface area contributed by atoms with Gasteiger partial charge in [-0.3, -0.25) is 14.4 Å². The highest BCUT2D eigenvalue weighted by Gasteiger charge is 2.72.